The van der Waals surface area contributed by atoms with Crippen molar-refractivity contribution in [2.75, 3.05) is 5.32 Å². The Labute approximate surface area is 151 Å². The molecular weight excluding hydrogens is 326 g/mol. The molecule has 0 aromatic heterocycles. The van der Waals surface area contributed by atoms with Crippen molar-refractivity contribution in [1.82, 2.24) is 0 Å². The molecule has 0 spiro atoms. The van der Waals surface area contributed by atoms with Gasteiger partial charge in [-0.1, -0.05) is 42.8 Å². The summed E-state index contributed by atoms with van der Waals surface area (Å²) in [5.74, 6) is 0.814. The van der Waals surface area contributed by atoms with Gasteiger partial charge in [0.1, 0.15) is 0 Å². The number of carbonyl (C=O) groups excluding carboxylic acids is 3. The first-order valence-corrected chi connectivity index (χ1v) is 9.26. The first kappa shape index (κ1) is 15.5. The van der Waals surface area contributed by atoms with Crippen molar-refractivity contribution in [3.63, 3.8) is 0 Å². The van der Waals surface area contributed by atoms with Gasteiger partial charge in [0.15, 0.2) is 11.6 Å². The molecule has 0 unspecified atom stereocenters. The lowest BCUT2D eigenvalue weighted by Crippen LogP contribution is -2.29. The maximum absolute atomic E-state index is 13.0. The van der Waals surface area contributed by atoms with Crippen molar-refractivity contribution >= 4 is 23.2 Å². The SMILES string of the molecule is O=C1c2ccccc2C(=O)c2c(NC(=O)[C@@H]3C[C@H]4CC[C@H]3C4)cccc21. The maximum atomic E-state index is 13.0. The molecule has 3 atom stereocenters. The fourth-order valence-corrected chi connectivity index (χ4v) is 5.04. The normalized spacial score (nSPS) is 25.8. The molecule has 0 heterocycles. The van der Waals surface area contributed by atoms with Crippen molar-refractivity contribution < 1.29 is 14.4 Å². The largest absolute Gasteiger partial charge is 0.325 e. The zero-order valence-electron chi connectivity index (χ0n) is 14.3. The number of hydrogen-bond acceptors (Lipinski definition) is 3. The molecule has 2 bridgehead atoms. The minimum atomic E-state index is -0.195. The summed E-state index contributed by atoms with van der Waals surface area (Å²) in [5.41, 5.74) is 2.00. The Bertz CT molecular complexity index is 962. The molecule has 4 nitrogen and oxygen atoms in total. The Morgan fingerprint density at radius 3 is 2.27 bits per heavy atom. The number of nitrogens with one attached hydrogen (secondary N) is 1. The molecule has 0 radical (unpaired) electrons. The second-order valence-electron chi connectivity index (χ2n) is 7.70. The highest BCUT2D eigenvalue weighted by molar-refractivity contribution is 6.30. The van der Waals surface area contributed by atoms with E-state index in [1.54, 1.807) is 42.5 Å². The van der Waals surface area contributed by atoms with E-state index < -0.39 is 0 Å². The standard InChI is InChI=1S/C22H19NO3/c24-20-14-4-1-2-5-15(14)21(25)19-16(20)6-3-7-18(19)23-22(26)17-11-12-8-9-13(17)10-12/h1-7,12-13,17H,8-11H2,(H,23,26)/t12-,13-,17+/m0/s1. The van der Waals surface area contributed by atoms with E-state index in [0.717, 1.165) is 19.3 Å². The number of ketones is 2. The molecule has 2 aromatic rings. The van der Waals surface area contributed by atoms with Gasteiger partial charge in [0.25, 0.3) is 0 Å². The van der Waals surface area contributed by atoms with Crippen molar-refractivity contribution in [3.05, 3.63) is 64.7 Å². The Morgan fingerprint density at radius 2 is 1.58 bits per heavy atom. The first-order chi connectivity index (χ1) is 12.6. The third-order valence-corrected chi connectivity index (χ3v) is 6.29. The Kier molecular flexibility index (Phi) is 3.36. The summed E-state index contributed by atoms with van der Waals surface area (Å²) in [5, 5.41) is 2.97. The van der Waals surface area contributed by atoms with Crippen LogP contribution in [0.3, 0.4) is 0 Å². The van der Waals surface area contributed by atoms with E-state index in [-0.39, 0.29) is 23.4 Å². The Morgan fingerprint density at radius 1 is 0.846 bits per heavy atom. The smallest absolute Gasteiger partial charge is 0.227 e. The van der Waals surface area contributed by atoms with Gasteiger partial charge < -0.3 is 5.32 Å². The maximum Gasteiger partial charge on any atom is 0.227 e. The number of amides is 1. The van der Waals surface area contributed by atoms with Gasteiger partial charge in [0.2, 0.25) is 5.91 Å². The highest BCUT2D eigenvalue weighted by Crippen LogP contribution is 2.48. The Balaban J connectivity index is 1.51. The lowest BCUT2D eigenvalue weighted by molar-refractivity contribution is -0.121. The molecule has 3 aliphatic rings. The lowest BCUT2D eigenvalue weighted by atomic mass is 9.83. The molecule has 3 aliphatic carbocycles. The van der Waals surface area contributed by atoms with Gasteiger partial charge in [-0.05, 0) is 37.2 Å². The van der Waals surface area contributed by atoms with Gasteiger partial charge in [-0.2, -0.15) is 0 Å². The van der Waals surface area contributed by atoms with Crippen LogP contribution in [0.5, 0.6) is 0 Å². The van der Waals surface area contributed by atoms with Crippen molar-refractivity contribution in [3.8, 4) is 0 Å². The van der Waals surface area contributed by atoms with Crippen molar-refractivity contribution in [2.24, 2.45) is 17.8 Å². The summed E-state index contributed by atoms with van der Waals surface area (Å²) in [6.45, 7) is 0. The Hall–Kier alpha value is -2.75. The van der Waals surface area contributed by atoms with Gasteiger partial charge in [-0.3, -0.25) is 14.4 Å². The quantitative estimate of drug-likeness (QED) is 0.767. The number of hydrogen-bond donors (Lipinski definition) is 1. The second kappa shape index (κ2) is 5.63. The summed E-state index contributed by atoms with van der Waals surface area (Å²) in [4.78, 5) is 38.6. The molecule has 2 saturated carbocycles. The number of fused-ring (bicyclic) bond motifs is 4. The van der Waals surface area contributed by atoms with Crippen LogP contribution in [-0.4, -0.2) is 17.5 Å². The fraction of sp³-hybridized carbons (Fsp3) is 0.318. The van der Waals surface area contributed by atoms with Crippen LogP contribution in [0.2, 0.25) is 0 Å². The monoisotopic (exact) mass is 345 g/mol. The van der Waals surface area contributed by atoms with E-state index in [9.17, 15) is 14.4 Å². The minimum absolute atomic E-state index is 0.00953. The number of rotatable bonds is 2. The van der Waals surface area contributed by atoms with Crippen LogP contribution in [0.15, 0.2) is 42.5 Å². The summed E-state index contributed by atoms with van der Waals surface area (Å²) in [6.07, 6.45) is 4.45. The molecule has 5 rings (SSSR count). The van der Waals surface area contributed by atoms with Gasteiger partial charge in [-0.25, -0.2) is 0 Å². The summed E-state index contributed by atoms with van der Waals surface area (Å²) in [6, 6.07) is 12.0. The van der Waals surface area contributed by atoms with Crippen molar-refractivity contribution in [1.29, 1.82) is 0 Å². The van der Waals surface area contributed by atoms with Gasteiger partial charge in [-0.15, -0.1) is 0 Å². The van der Waals surface area contributed by atoms with E-state index in [0.29, 0.717) is 39.8 Å². The molecule has 26 heavy (non-hydrogen) atoms. The van der Waals surface area contributed by atoms with E-state index >= 15 is 0 Å². The lowest BCUT2D eigenvalue weighted by Gasteiger charge is -2.23. The van der Waals surface area contributed by atoms with Gasteiger partial charge >= 0.3 is 0 Å². The van der Waals surface area contributed by atoms with Crippen LogP contribution in [0.1, 0.15) is 57.5 Å². The summed E-state index contributed by atoms with van der Waals surface area (Å²) in [7, 11) is 0. The minimum Gasteiger partial charge on any atom is -0.325 e. The van der Waals surface area contributed by atoms with Crippen LogP contribution in [-0.2, 0) is 4.79 Å². The zero-order chi connectivity index (χ0) is 17.8. The fourth-order valence-electron chi connectivity index (χ4n) is 5.04. The summed E-state index contributed by atoms with van der Waals surface area (Å²) < 4.78 is 0. The van der Waals surface area contributed by atoms with E-state index in [1.807, 2.05) is 0 Å². The van der Waals surface area contributed by atoms with Crippen LogP contribution < -0.4 is 5.32 Å². The van der Waals surface area contributed by atoms with Crippen LogP contribution in [0.25, 0.3) is 0 Å². The van der Waals surface area contributed by atoms with E-state index in [4.69, 9.17) is 0 Å². The molecule has 130 valence electrons. The second-order valence-corrected chi connectivity index (χ2v) is 7.70. The molecule has 0 saturated heterocycles. The molecular formula is C22H19NO3. The van der Waals surface area contributed by atoms with Crippen LogP contribution >= 0.6 is 0 Å². The molecule has 0 aliphatic heterocycles. The number of benzene rings is 2. The van der Waals surface area contributed by atoms with Gasteiger partial charge in [0, 0.05) is 22.6 Å². The predicted molar refractivity (Wildman–Crippen MR) is 97.3 cm³/mol. The van der Waals surface area contributed by atoms with Crippen LogP contribution in [0, 0.1) is 17.8 Å². The number of carbonyl (C=O) groups is 3. The first-order valence-electron chi connectivity index (χ1n) is 9.26. The molecule has 2 fully saturated rings. The molecule has 1 amide bonds. The van der Waals surface area contributed by atoms with Gasteiger partial charge in [0.05, 0.1) is 11.3 Å². The molecule has 1 N–H and O–H groups in total. The third kappa shape index (κ3) is 2.18. The van der Waals surface area contributed by atoms with E-state index in [2.05, 4.69) is 5.32 Å². The topological polar surface area (TPSA) is 63.2 Å². The number of anilines is 1. The highest BCUT2D eigenvalue weighted by Gasteiger charge is 2.43. The average Bonchev–Trinajstić information content (AvgIpc) is 3.29. The molecule has 2 aromatic carbocycles. The molecule has 4 heteroatoms. The van der Waals surface area contributed by atoms with Crippen LogP contribution in [0.4, 0.5) is 5.69 Å². The summed E-state index contributed by atoms with van der Waals surface area (Å²) >= 11 is 0. The van der Waals surface area contributed by atoms with Crippen molar-refractivity contribution in [2.45, 2.75) is 25.7 Å². The average molecular weight is 345 g/mol. The highest BCUT2D eigenvalue weighted by atomic mass is 16.2. The third-order valence-electron chi connectivity index (χ3n) is 6.29. The predicted octanol–water partition coefficient (Wildman–Crippen LogP) is 3.84. The van der Waals surface area contributed by atoms with E-state index in [1.165, 1.54) is 6.42 Å². The zero-order valence-corrected chi connectivity index (χ0v) is 14.3.